The summed E-state index contributed by atoms with van der Waals surface area (Å²) in [5.41, 5.74) is 2.31. The van der Waals surface area contributed by atoms with E-state index in [1.807, 2.05) is 31.2 Å². The molecule has 0 aromatic heterocycles. The molecule has 1 aliphatic heterocycles. The standard InChI is InChI=1S/C20H25NO3S/c1-16-11-13-21(14-12-16)25(22,23)20-9-7-19(8-10-20)24-15-18-6-4-3-5-17(18)2/h3-10,16H,11-15H2,1-2H3. The van der Waals surface area contributed by atoms with Gasteiger partial charge in [0.05, 0.1) is 4.90 Å². The van der Waals surface area contributed by atoms with E-state index in [4.69, 9.17) is 4.74 Å². The zero-order valence-electron chi connectivity index (χ0n) is 14.8. The minimum atomic E-state index is -3.40. The van der Waals surface area contributed by atoms with Crippen molar-refractivity contribution in [2.45, 2.75) is 38.2 Å². The highest BCUT2D eigenvalue weighted by Gasteiger charge is 2.27. The Balaban J connectivity index is 1.66. The molecule has 134 valence electrons. The quantitative estimate of drug-likeness (QED) is 0.811. The van der Waals surface area contributed by atoms with Crippen molar-refractivity contribution in [1.29, 1.82) is 0 Å². The lowest BCUT2D eigenvalue weighted by atomic mass is 10.0. The number of piperidine rings is 1. The maximum Gasteiger partial charge on any atom is 0.243 e. The van der Waals surface area contributed by atoms with Crippen molar-refractivity contribution in [2.24, 2.45) is 5.92 Å². The van der Waals surface area contributed by atoms with Crippen LogP contribution in [-0.4, -0.2) is 25.8 Å². The number of hydrogen-bond donors (Lipinski definition) is 0. The second-order valence-electron chi connectivity index (χ2n) is 6.77. The molecule has 2 aromatic rings. The molecule has 25 heavy (non-hydrogen) atoms. The number of aryl methyl sites for hydroxylation is 1. The van der Waals surface area contributed by atoms with Crippen LogP contribution >= 0.6 is 0 Å². The van der Waals surface area contributed by atoms with Crippen molar-refractivity contribution in [3.8, 4) is 5.75 Å². The number of nitrogens with zero attached hydrogens (tertiary/aromatic N) is 1. The van der Waals surface area contributed by atoms with Gasteiger partial charge in [-0.1, -0.05) is 31.2 Å². The van der Waals surface area contributed by atoms with Crippen LogP contribution in [-0.2, 0) is 16.6 Å². The van der Waals surface area contributed by atoms with Gasteiger partial charge in [0, 0.05) is 13.1 Å². The lowest BCUT2D eigenvalue weighted by Crippen LogP contribution is -2.37. The number of hydrogen-bond acceptors (Lipinski definition) is 3. The first kappa shape index (κ1) is 18.0. The zero-order chi connectivity index (χ0) is 17.9. The maximum absolute atomic E-state index is 12.7. The molecule has 0 saturated carbocycles. The summed E-state index contributed by atoms with van der Waals surface area (Å²) in [5, 5.41) is 0. The molecule has 1 saturated heterocycles. The molecule has 1 fully saturated rings. The smallest absolute Gasteiger partial charge is 0.243 e. The van der Waals surface area contributed by atoms with Crippen LogP contribution in [0.3, 0.4) is 0 Å². The second kappa shape index (κ2) is 7.58. The van der Waals surface area contributed by atoms with Crippen LogP contribution in [0.4, 0.5) is 0 Å². The van der Waals surface area contributed by atoms with E-state index >= 15 is 0 Å². The molecule has 5 heteroatoms. The average Bonchev–Trinajstić information content (AvgIpc) is 2.62. The van der Waals surface area contributed by atoms with Crippen LogP contribution in [0.1, 0.15) is 30.9 Å². The second-order valence-corrected chi connectivity index (χ2v) is 8.71. The van der Waals surface area contributed by atoms with Gasteiger partial charge in [-0.05, 0) is 61.1 Å². The molecular weight excluding hydrogens is 334 g/mol. The molecule has 4 nitrogen and oxygen atoms in total. The van der Waals surface area contributed by atoms with Crippen LogP contribution in [0, 0.1) is 12.8 Å². The molecule has 0 amide bonds. The Morgan fingerprint density at radius 1 is 1.04 bits per heavy atom. The predicted octanol–water partition coefficient (Wildman–Crippen LogP) is 3.99. The summed E-state index contributed by atoms with van der Waals surface area (Å²) in [4.78, 5) is 0.338. The fraction of sp³-hybridized carbons (Fsp3) is 0.400. The summed E-state index contributed by atoms with van der Waals surface area (Å²) >= 11 is 0. The van der Waals surface area contributed by atoms with E-state index in [2.05, 4.69) is 6.92 Å². The van der Waals surface area contributed by atoms with Crippen LogP contribution < -0.4 is 4.74 Å². The molecular formula is C20H25NO3S. The topological polar surface area (TPSA) is 46.6 Å². The molecule has 0 radical (unpaired) electrons. The largest absolute Gasteiger partial charge is 0.489 e. The predicted molar refractivity (Wildman–Crippen MR) is 99.1 cm³/mol. The Labute approximate surface area is 150 Å². The van der Waals surface area contributed by atoms with Crippen molar-refractivity contribution in [3.63, 3.8) is 0 Å². The summed E-state index contributed by atoms with van der Waals surface area (Å²) in [7, 11) is -3.40. The first-order valence-corrected chi connectivity index (χ1v) is 10.2. The Kier molecular flexibility index (Phi) is 5.45. The van der Waals surface area contributed by atoms with Crippen LogP contribution in [0.5, 0.6) is 5.75 Å². The van der Waals surface area contributed by atoms with E-state index in [0.717, 1.165) is 18.4 Å². The van der Waals surface area contributed by atoms with E-state index in [1.165, 1.54) is 5.56 Å². The lowest BCUT2D eigenvalue weighted by molar-refractivity contribution is 0.288. The van der Waals surface area contributed by atoms with Gasteiger partial charge in [0.1, 0.15) is 12.4 Å². The number of sulfonamides is 1. The molecule has 0 unspecified atom stereocenters. The highest BCUT2D eigenvalue weighted by molar-refractivity contribution is 7.89. The molecule has 0 N–H and O–H groups in total. The van der Waals surface area contributed by atoms with E-state index in [-0.39, 0.29) is 0 Å². The Morgan fingerprint density at radius 3 is 2.32 bits per heavy atom. The van der Waals surface area contributed by atoms with Crippen LogP contribution in [0.25, 0.3) is 0 Å². The highest BCUT2D eigenvalue weighted by Crippen LogP contribution is 2.25. The molecule has 0 atom stereocenters. The fourth-order valence-corrected chi connectivity index (χ4v) is 4.48. The highest BCUT2D eigenvalue weighted by atomic mass is 32.2. The summed E-state index contributed by atoms with van der Waals surface area (Å²) in [5.74, 6) is 1.28. The van der Waals surface area contributed by atoms with Gasteiger partial charge in [-0.25, -0.2) is 8.42 Å². The van der Waals surface area contributed by atoms with Gasteiger partial charge in [0.15, 0.2) is 0 Å². The van der Waals surface area contributed by atoms with Crippen molar-refractivity contribution < 1.29 is 13.2 Å². The number of benzene rings is 2. The summed E-state index contributed by atoms with van der Waals surface area (Å²) in [6, 6.07) is 14.8. The summed E-state index contributed by atoms with van der Waals surface area (Å²) < 4.78 is 32.8. The van der Waals surface area contributed by atoms with Gasteiger partial charge < -0.3 is 4.74 Å². The normalized spacial score (nSPS) is 16.7. The summed E-state index contributed by atoms with van der Waals surface area (Å²) in [6.07, 6.45) is 1.85. The number of rotatable bonds is 5. The van der Waals surface area contributed by atoms with Gasteiger partial charge in [-0.2, -0.15) is 4.31 Å². The molecule has 3 rings (SSSR count). The fourth-order valence-electron chi connectivity index (χ4n) is 3.02. The van der Waals surface area contributed by atoms with Crippen LogP contribution in [0.2, 0.25) is 0 Å². The van der Waals surface area contributed by atoms with Crippen molar-refractivity contribution >= 4 is 10.0 Å². The van der Waals surface area contributed by atoms with E-state index in [0.29, 0.717) is 36.3 Å². The molecule has 0 aliphatic carbocycles. The van der Waals surface area contributed by atoms with Crippen molar-refractivity contribution in [1.82, 2.24) is 4.31 Å². The van der Waals surface area contributed by atoms with Crippen molar-refractivity contribution in [2.75, 3.05) is 13.1 Å². The Bertz CT molecular complexity index is 807. The Morgan fingerprint density at radius 2 is 1.68 bits per heavy atom. The van der Waals surface area contributed by atoms with Gasteiger partial charge in [0.25, 0.3) is 0 Å². The van der Waals surface area contributed by atoms with Gasteiger partial charge in [0.2, 0.25) is 10.0 Å². The third-order valence-corrected chi connectivity index (χ3v) is 6.77. The van der Waals surface area contributed by atoms with Crippen LogP contribution in [0.15, 0.2) is 53.4 Å². The molecule has 2 aromatic carbocycles. The third kappa shape index (κ3) is 4.22. The minimum Gasteiger partial charge on any atom is -0.489 e. The number of ether oxygens (including phenoxy) is 1. The SMILES string of the molecule is Cc1ccccc1COc1ccc(S(=O)(=O)N2CCC(C)CC2)cc1. The van der Waals surface area contributed by atoms with E-state index in [1.54, 1.807) is 28.6 Å². The van der Waals surface area contributed by atoms with E-state index < -0.39 is 10.0 Å². The molecule has 0 bridgehead atoms. The molecule has 0 spiro atoms. The Hall–Kier alpha value is -1.85. The third-order valence-electron chi connectivity index (χ3n) is 4.86. The monoisotopic (exact) mass is 359 g/mol. The van der Waals surface area contributed by atoms with Gasteiger partial charge in [-0.3, -0.25) is 0 Å². The maximum atomic E-state index is 12.7. The zero-order valence-corrected chi connectivity index (χ0v) is 15.6. The molecule has 1 heterocycles. The van der Waals surface area contributed by atoms with Gasteiger partial charge >= 0.3 is 0 Å². The van der Waals surface area contributed by atoms with Crippen molar-refractivity contribution in [3.05, 3.63) is 59.7 Å². The lowest BCUT2D eigenvalue weighted by Gasteiger charge is -2.29. The summed E-state index contributed by atoms with van der Waals surface area (Å²) in [6.45, 7) is 5.91. The first-order chi connectivity index (χ1) is 12.0. The molecule has 1 aliphatic rings. The van der Waals surface area contributed by atoms with Gasteiger partial charge in [-0.15, -0.1) is 0 Å². The van der Waals surface area contributed by atoms with E-state index in [9.17, 15) is 8.42 Å². The minimum absolute atomic E-state index is 0.338. The first-order valence-electron chi connectivity index (χ1n) is 8.74. The average molecular weight is 359 g/mol.